The van der Waals surface area contributed by atoms with Crippen LogP contribution in [0.25, 0.3) is 6.08 Å². The highest BCUT2D eigenvalue weighted by atomic mass is 35.5. The molecule has 34 heavy (non-hydrogen) atoms. The third-order valence-electron chi connectivity index (χ3n) is 4.94. The number of aromatic nitrogens is 1. The van der Waals surface area contributed by atoms with Crippen LogP contribution in [-0.4, -0.2) is 32.6 Å². The maximum Gasteiger partial charge on any atom is 0.266 e. The lowest BCUT2D eigenvalue weighted by Crippen LogP contribution is -2.29. The third kappa shape index (κ3) is 6.46. The van der Waals surface area contributed by atoms with Gasteiger partial charge in [-0.1, -0.05) is 77.5 Å². The minimum Gasteiger partial charge on any atom is -0.302 e. The van der Waals surface area contributed by atoms with Crippen molar-refractivity contribution in [2.24, 2.45) is 0 Å². The van der Waals surface area contributed by atoms with Crippen LogP contribution in [0.2, 0.25) is 10.0 Å². The highest BCUT2D eigenvalue weighted by Crippen LogP contribution is 2.34. The van der Waals surface area contributed by atoms with Gasteiger partial charge in [-0.25, -0.2) is 4.98 Å². The number of carbonyl (C=O) groups is 2. The van der Waals surface area contributed by atoms with Gasteiger partial charge in [-0.05, 0) is 41.8 Å². The largest absolute Gasteiger partial charge is 0.302 e. The Bertz CT molecular complexity index is 1260. The Balaban J connectivity index is 1.26. The average Bonchev–Trinajstić information content (AvgIpc) is 3.35. The van der Waals surface area contributed by atoms with Crippen LogP contribution in [-0.2, 0) is 16.0 Å². The number of amides is 2. The minimum atomic E-state index is -0.165. The van der Waals surface area contributed by atoms with E-state index in [0.717, 1.165) is 22.4 Å². The third-order valence-corrected chi connectivity index (χ3v) is 7.83. The molecule has 0 radical (unpaired) electrons. The molecule has 10 heteroatoms. The number of thiocarbonyl (C=S) groups is 1. The van der Waals surface area contributed by atoms with Gasteiger partial charge in [-0.3, -0.25) is 14.5 Å². The Morgan fingerprint density at radius 1 is 1.15 bits per heavy atom. The summed E-state index contributed by atoms with van der Waals surface area (Å²) in [4.78, 5) is 32.5. The van der Waals surface area contributed by atoms with Crippen LogP contribution in [0.15, 0.2) is 59.6 Å². The van der Waals surface area contributed by atoms with Crippen LogP contribution in [0.3, 0.4) is 0 Å². The highest BCUT2D eigenvalue weighted by Gasteiger charge is 2.31. The maximum absolute atomic E-state index is 12.8. The summed E-state index contributed by atoms with van der Waals surface area (Å²) in [5.74, 6) is -0.313. The lowest BCUT2D eigenvalue weighted by molar-refractivity contribution is -0.122. The molecule has 1 aliphatic heterocycles. The Morgan fingerprint density at radius 2 is 1.91 bits per heavy atom. The summed E-state index contributed by atoms with van der Waals surface area (Å²) in [6, 6.07) is 15.0. The van der Waals surface area contributed by atoms with E-state index in [2.05, 4.69) is 10.3 Å². The molecule has 0 unspecified atom stereocenters. The normalized spacial score (nSPS) is 14.8. The van der Waals surface area contributed by atoms with Gasteiger partial charge < -0.3 is 5.32 Å². The molecule has 2 aromatic carbocycles. The number of nitrogens with one attached hydrogen (secondary N) is 1. The molecular weight excluding hydrogens is 529 g/mol. The molecule has 2 amide bonds. The minimum absolute atomic E-state index is 0.149. The predicted octanol–water partition coefficient (Wildman–Crippen LogP) is 6.66. The van der Waals surface area contributed by atoms with Gasteiger partial charge in [0.05, 0.1) is 4.91 Å². The van der Waals surface area contributed by atoms with Crippen molar-refractivity contribution in [2.75, 3.05) is 11.9 Å². The molecule has 174 valence electrons. The van der Waals surface area contributed by atoms with Crippen molar-refractivity contribution < 1.29 is 9.59 Å². The topological polar surface area (TPSA) is 62.3 Å². The molecule has 1 N–H and O–H groups in total. The fraction of sp³-hybridized carbons (Fsp3) is 0.167. The maximum atomic E-state index is 12.8. The van der Waals surface area contributed by atoms with E-state index in [4.69, 9.17) is 35.4 Å². The van der Waals surface area contributed by atoms with Crippen molar-refractivity contribution in [3.63, 3.8) is 0 Å². The summed E-state index contributed by atoms with van der Waals surface area (Å²) in [6.07, 6.45) is 4.98. The molecule has 0 aliphatic carbocycles. The number of carbonyl (C=O) groups excluding carboxylic acids is 2. The summed E-state index contributed by atoms with van der Waals surface area (Å²) < 4.78 is 0.482. The summed E-state index contributed by atoms with van der Waals surface area (Å²) >= 11 is 20.2. The molecule has 4 rings (SSSR count). The van der Waals surface area contributed by atoms with Crippen LogP contribution in [0.5, 0.6) is 0 Å². The summed E-state index contributed by atoms with van der Waals surface area (Å²) in [5, 5.41) is 4.66. The SMILES string of the molecule is O=C(CCCN1C(=O)C(=Cc2ccccc2Cl)SC1=S)Nc1ncc(Cc2ccc(Cl)cc2)s1. The molecule has 3 aromatic rings. The molecule has 0 spiro atoms. The molecule has 1 aromatic heterocycles. The van der Waals surface area contributed by atoms with E-state index >= 15 is 0 Å². The van der Waals surface area contributed by atoms with Gasteiger partial charge in [0.1, 0.15) is 4.32 Å². The number of hydrogen-bond donors (Lipinski definition) is 1. The molecule has 0 atom stereocenters. The van der Waals surface area contributed by atoms with E-state index in [1.165, 1.54) is 28.0 Å². The Hall–Kier alpha value is -2.23. The Labute approximate surface area is 221 Å². The molecule has 1 saturated heterocycles. The fourth-order valence-corrected chi connectivity index (χ4v) is 5.73. The Morgan fingerprint density at radius 3 is 2.68 bits per heavy atom. The molecule has 5 nitrogen and oxygen atoms in total. The quantitative estimate of drug-likeness (QED) is 0.252. The molecule has 1 fully saturated rings. The van der Waals surface area contributed by atoms with E-state index in [9.17, 15) is 9.59 Å². The monoisotopic (exact) mass is 547 g/mol. The number of rotatable bonds is 8. The van der Waals surface area contributed by atoms with E-state index in [1.54, 1.807) is 18.3 Å². The van der Waals surface area contributed by atoms with Gasteiger partial charge >= 0.3 is 0 Å². The van der Waals surface area contributed by atoms with Crippen LogP contribution < -0.4 is 5.32 Å². The predicted molar refractivity (Wildman–Crippen MR) is 146 cm³/mol. The number of nitrogens with zero attached hydrogens (tertiary/aromatic N) is 2. The molecule has 1 aliphatic rings. The highest BCUT2D eigenvalue weighted by molar-refractivity contribution is 8.26. The molecule has 0 saturated carbocycles. The zero-order valence-electron chi connectivity index (χ0n) is 17.8. The lowest BCUT2D eigenvalue weighted by atomic mass is 10.1. The van der Waals surface area contributed by atoms with E-state index in [1.807, 2.05) is 42.5 Å². The average molecular weight is 549 g/mol. The summed E-state index contributed by atoms with van der Waals surface area (Å²) in [7, 11) is 0. The van der Waals surface area contributed by atoms with E-state index in [-0.39, 0.29) is 18.2 Å². The number of thioether (sulfide) groups is 1. The van der Waals surface area contributed by atoms with Crippen LogP contribution in [0.4, 0.5) is 5.13 Å². The van der Waals surface area contributed by atoms with Crippen LogP contribution in [0.1, 0.15) is 28.8 Å². The molecule has 0 bridgehead atoms. The van der Waals surface area contributed by atoms with Gasteiger partial charge in [0.2, 0.25) is 5.91 Å². The second kappa shape index (κ2) is 11.5. The van der Waals surface area contributed by atoms with Gasteiger partial charge in [0.15, 0.2) is 5.13 Å². The zero-order valence-corrected chi connectivity index (χ0v) is 21.8. The van der Waals surface area contributed by atoms with Crippen molar-refractivity contribution in [1.29, 1.82) is 0 Å². The van der Waals surface area contributed by atoms with Gasteiger partial charge in [-0.15, -0.1) is 11.3 Å². The first kappa shape index (κ1) is 24.9. The zero-order chi connectivity index (χ0) is 24.1. The van der Waals surface area contributed by atoms with Crippen molar-refractivity contribution in [3.8, 4) is 0 Å². The molecular formula is C24H19Cl2N3O2S3. The smallest absolute Gasteiger partial charge is 0.266 e. The Kier molecular flexibility index (Phi) is 8.39. The number of hydrogen-bond acceptors (Lipinski definition) is 6. The number of benzene rings is 2. The number of anilines is 1. The lowest BCUT2D eigenvalue weighted by Gasteiger charge is -2.13. The number of thiazole rings is 1. The fourth-order valence-electron chi connectivity index (χ4n) is 3.26. The van der Waals surface area contributed by atoms with Gasteiger partial charge in [0, 0.05) is 40.5 Å². The van der Waals surface area contributed by atoms with Gasteiger partial charge in [-0.2, -0.15) is 0 Å². The summed E-state index contributed by atoms with van der Waals surface area (Å²) in [5.41, 5.74) is 1.89. The summed E-state index contributed by atoms with van der Waals surface area (Å²) in [6.45, 7) is 0.373. The van der Waals surface area contributed by atoms with Crippen molar-refractivity contribution in [3.05, 3.63) is 85.7 Å². The molecule has 2 heterocycles. The van der Waals surface area contributed by atoms with E-state index in [0.29, 0.717) is 37.4 Å². The van der Waals surface area contributed by atoms with Crippen LogP contribution >= 0.6 is 58.5 Å². The second-order valence-electron chi connectivity index (χ2n) is 7.44. The first-order chi connectivity index (χ1) is 16.4. The first-order valence-electron chi connectivity index (χ1n) is 10.4. The van der Waals surface area contributed by atoms with Crippen molar-refractivity contribution >= 4 is 85.9 Å². The van der Waals surface area contributed by atoms with Crippen molar-refractivity contribution in [2.45, 2.75) is 19.3 Å². The van der Waals surface area contributed by atoms with Gasteiger partial charge in [0.25, 0.3) is 5.91 Å². The first-order valence-corrected chi connectivity index (χ1v) is 13.2. The second-order valence-corrected chi connectivity index (χ2v) is 11.1. The number of halogens is 2. The van der Waals surface area contributed by atoms with Crippen molar-refractivity contribution in [1.82, 2.24) is 9.88 Å². The van der Waals surface area contributed by atoms with Crippen LogP contribution in [0, 0.1) is 0 Å². The standard InChI is InChI=1S/C24H19Cl2N3O2S3/c25-17-9-7-15(8-10-17)12-18-14-27-23(33-18)28-21(30)6-3-11-29-22(31)20(34-24(29)32)13-16-4-1-2-5-19(16)26/h1-2,4-5,7-10,13-14H,3,6,11-12H2,(H,27,28,30). The van der Waals surface area contributed by atoms with E-state index < -0.39 is 0 Å².